The molecule has 20 heavy (non-hydrogen) atoms. The number of hydrogen-bond donors (Lipinski definition) is 1. The molecule has 5 nitrogen and oxygen atoms in total. The average Bonchev–Trinajstić information content (AvgIpc) is 2.48. The highest BCUT2D eigenvalue weighted by atomic mass is 35.5. The third-order valence-electron chi connectivity index (χ3n) is 3.36. The third kappa shape index (κ3) is 2.85. The predicted octanol–water partition coefficient (Wildman–Crippen LogP) is 2.04. The smallest absolute Gasteiger partial charge is 0.140 e. The van der Waals surface area contributed by atoms with E-state index in [2.05, 4.69) is 15.3 Å². The number of nitrogens with zero attached hydrogens (tertiary/aromatic N) is 2. The summed E-state index contributed by atoms with van der Waals surface area (Å²) in [4.78, 5) is 8.16. The van der Waals surface area contributed by atoms with Gasteiger partial charge in [0.1, 0.15) is 29.4 Å². The summed E-state index contributed by atoms with van der Waals surface area (Å²) < 4.78 is 11.6. The van der Waals surface area contributed by atoms with Gasteiger partial charge in [-0.2, -0.15) is 0 Å². The van der Waals surface area contributed by atoms with Crippen molar-refractivity contribution < 1.29 is 9.47 Å². The van der Waals surface area contributed by atoms with Gasteiger partial charge >= 0.3 is 0 Å². The molecule has 0 bridgehead atoms. The first-order chi connectivity index (χ1) is 9.74. The van der Waals surface area contributed by atoms with Crippen LogP contribution in [-0.2, 0) is 4.74 Å². The van der Waals surface area contributed by atoms with Crippen molar-refractivity contribution in [1.29, 1.82) is 0 Å². The molecule has 0 spiro atoms. The minimum absolute atomic E-state index is 0.0300. The Kier molecular flexibility index (Phi) is 4.00. The topological polar surface area (TPSA) is 56.3 Å². The summed E-state index contributed by atoms with van der Waals surface area (Å²) in [7, 11) is 0. The van der Waals surface area contributed by atoms with E-state index in [1.165, 1.54) is 6.33 Å². The zero-order chi connectivity index (χ0) is 13.9. The molecule has 2 unspecified atom stereocenters. The molecule has 1 aliphatic rings. The molecule has 1 saturated heterocycles. The molecular formula is C14H16ClN3O2. The first-order valence-electron chi connectivity index (χ1n) is 6.63. The number of fused-ring (bicyclic) bond motifs is 1. The van der Waals surface area contributed by atoms with E-state index in [1.54, 1.807) is 0 Å². The number of hydrogen-bond acceptors (Lipinski definition) is 5. The van der Waals surface area contributed by atoms with Gasteiger partial charge in [-0.1, -0.05) is 11.6 Å². The van der Waals surface area contributed by atoms with Crippen molar-refractivity contribution in [2.75, 3.05) is 19.7 Å². The van der Waals surface area contributed by atoms with E-state index >= 15 is 0 Å². The molecule has 1 aromatic heterocycles. The van der Waals surface area contributed by atoms with Gasteiger partial charge in [-0.25, -0.2) is 9.97 Å². The molecule has 1 aromatic carbocycles. The van der Waals surface area contributed by atoms with Crippen molar-refractivity contribution >= 4 is 22.5 Å². The van der Waals surface area contributed by atoms with Gasteiger partial charge in [0, 0.05) is 24.5 Å². The number of rotatable bonds is 3. The second-order valence-electron chi connectivity index (χ2n) is 4.78. The Morgan fingerprint density at radius 3 is 3.15 bits per heavy atom. The summed E-state index contributed by atoms with van der Waals surface area (Å²) in [5, 5.41) is 4.57. The molecule has 3 rings (SSSR count). The fourth-order valence-electron chi connectivity index (χ4n) is 2.26. The van der Waals surface area contributed by atoms with Gasteiger partial charge < -0.3 is 14.8 Å². The van der Waals surface area contributed by atoms with Crippen molar-refractivity contribution in [1.82, 2.24) is 15.3 Å². The maximum absolute atomic E-state index is 6.02. The lowest BCUT2D eigenvalue weighted by Gasteiger charge is -2.29. The van der Waals surface area contributed by atoms with Crippen molar-refractivity contribution in [3.05, 3.63) is 29.7 Å². The minimum atomic E-state index is -0.0300. The van der Waals surface area contributed by atoms with Gasteiger partial charge in [0.2, 0.25) is 0 Å². The molecule has 0 radical (unpaired) electrons. The summed E-state index contributed by atoms with van der Waals surface area (Å²) in [5.41, 5.74) is 0.775. The fraction of sp³-hybridized carbons (Fsp3) is 0.429. The van der Waals surface area contributed by atoms with Gasteiger partial charge in [-0.3, -0.25) is 0 Å². The van der Waals surface area contributed by atoms with Crippen molar-refractivity contribution in [2.45, 2.75) is 19.1 Å². The van der Waals surface area contributed by atoms with Crippen LogP contribution >= 0.6 is 11.6 Å². The first-order valence-corrected chi connectivity index (χ1v) is 7.01. The van der Waals surface area contributed by atoms with Crippen molar-refractivity contribution in [2.24, 2.45) is 0 Å². The molecule has 1 aliphatic heterocycles. The monoisotopic (exact) mass is 293 g/mol. The van der Waals surface area contributed by atoms with Gasteiger partial charge in [0.05, 0.1) is 12.1 Å². The lowest BCUT2D eigenvalue weighted by atomic mass is 10.2. The van der Waals surface area contributed by atoms with E-state index in [1.807, 2.05) is 25.1 Å². The van der Waals surface area contributed by atoms with E-state index in [0.717, 1.165) is 36.3 Å². The highest BCUT2D eigenvalue weighted by Gasteiger charge is 2.22. The Bertz CT molecular complexity index is 602. The van der Waals surface area contributed by atoms with Gasteiger partial charge in [0.15, 0.2) is 0 Å². The second-order valence-corrected chi connectivity index (χ2v) is 5.14. The van der Waals surface area contributed by atoms with Crippen LogP contribution in [0.15, 0.2) is 24.5 Å². The minimum Gasteiger partial charge on any atom is -0.488 e. The summed E-state index contributed by atoms with van der Waals surface area (Å²) in [5.74, 6) is 0.758. The molecule has 0 aliphatic carbocycles. The van der Waals surface area contributed by atoms with Crippen molar-refractivity contribution in [3.63, 3.8) is 0 Å². The maximum Gasteiger partial charge on any atom is 0.140 e. The molecule has 0 saturated carbocycles. The summed E-state index contributed by atoms with van der Waals surface area (Å²) in [6, 6.07) is 5.62. The molecule has 2 heterocycles. The van der Waals surface area contributed by atoms with E-state index in [4.69, 9.17) is 21.1 Å². The standard InChI is InChI=1S/C14H16ClN3O2/c1-9(13-7-16-4-5-19-13)20-10-2-3-11-12(6-10)17-8-18-14(11)15/h2-3,6,8-9,13,16H,4-5,7H2,1H3. The fourth-order valence-corrected chi connectivity index (χ4v) is 2.46. The molecule has 106 valence electrons. The second kappa shape index (κ2) is 5.91. The number of benzene rings is 1. The summed E-state index contributed by atoms with van der Waals surface area (Å²) in [6.07, 6.45) is 1.48. The number of halogens is 1. The van der Waals surface area contributed by atoms with Gasteiger partial charge in [-0.05, 0) is 19.1 Å². The number of morpholine rings is 1. The SMILES string of the molecule is CC(Oc1ccc2c(Cl)ncnc2c1)C1CNCCO1. The van der Waals surface area contributed by atoms with Gasteiger partial charge in [-0.15, -0.1) is 0 Å². The quantitative estimate of drug-likeness (QED) is 0.878. The van der Waals surface area contributed by atoms with Crippen LogP contribution < -0.4 is 10.1 Å². The van der Waals surface area contributed by atoms with Crippen LogP contribution in [0.2, 0.25) is 5.15 Å². The molecular weight excluding hydrogens is 278 g/mol. The zero-order valence-corrected chi connectivity index (χ0v) is 11.9. The number of ether oxygens (including phenoxy) is 2. The largest absolute Gasteiger partial charge is 0.488 e. The summed E-state index contributed by atoms with van der Waals surface area (Å²) >= 11 is 6.02. The van der Waals surface area contributed by atoms with Crippen LogP contribution in [0.5, 0.6) is 5.75 Å². The average molecular weight is 294 g/mol. The van der Waals surface area contributed by atoms with E-state index in [9.17, 15) is 0 Å². The number of aromatic nitrogens is 2. The van der Waals surface area contributed by atoms with E-state index in [0.29, 0.717) is 5.15 Å². The first kappa shape index (κ1) is 13.5. The molecule has 1 N–H and O–H groups in total. The third-order valence-corrected chi connectivity index (χ3v) is 3.66. The Morgan fingerprint density at radius 2 is 2.35 bits per heavy atom. The van der Waals surface area contributed by atoms with Crippen LogP contribution in [-0.4, -0.2) is 41.9 Å². The Labute approximate surface area is 122 Å². The van der Waals surface area contributed by atoms with Gasteiger partial charge in [0.25, 0.3) is 0 Å². The Morgan fingerprint density at radius 1 is 1.45 bits per heavy atom. The zero-order valence-electron chi connectivity index (χ0n) is 11.2. The Balaban J connectivity index is 1.77. The lowest BCUT2D eigenvalue weighted by Crippen LogP contribution is -2.46. The molecule has 2 atom stereocenters. The molecule has 1 fully saturated rings. The van der Waals surface area contributed by atoms with Crippen LogP contribution in [0.3, 0.4) is 0 Å². The summed E-state index contributed by atoms with van der Waals surface area (Å²) in [6.45, 7) is 4.44. The van der Waals surface area contributed by atoms with Crippen LogP contribution in [0, 0.1) is 0 Å². The van der Waals surface area contributed by atoms with Crippen LogP contribution in [0.4, 0.5) is 0 Å². The molecule has 2 aromatic rings. The highest BCUT2D eigenvalue weighted by Crippen LogP contribution is 2.24. The van der Waals surface area contributed by atoms with Crippen molar-refractivity contribution in [3.8, 4) is 5.75 Å². The number of nitrogens with one attached hydrogen (secondary N) is 1. The lowest BCUT2D eigenvalue weighted by molar-refractivity contribution is -0.0349. The normalized spacial score (nSPS) is 20.8. The van der Waals surface area contributed by atoms with Crippen LogP contribution in [0.1, 0.15) is 6.92 Å². The van der Waals surface area contributed by atoms with Crippen LogP contribution in [0.25, 0.3) is 10.9 Å². The maximum atomic E-state index is 6.02. The van der Waals surface area contributed by atoms with E-state index in [-0.39, 0.29) is 12.2 Å². The van der Waals surface area contributed by atoms with E-state index < -0.39 is 0 Å². The molecule has 6 heteroatoms. The molecule has 0 amide bonds. The Hall–Kier alpha value is -1.43. The predicted molar refractivity (Wildman–Crippen MR) is 77.2 cm³/mol. The highest BCUT2D eigenvalue weighted by molar-refractivity contribution is 6.34.